The van der Waals surface area contributed by atoms with Gasteiger partial charge in [-0.05, 0) is 48.9 Å². The molecule has 1 amide bonds. The Kier molecular flexibility index (Phi) is 5.88. The van der Waals surface area contributed by atoms with Crippen LogP contribution in [0.15, 0.2) is 59.8 Å². The Morgan fingerprint density at radius 2 is 1.90 bits per heavy atom. The second-order valence-electron chi connectivity index (χ2n) is 8.42. The van der Waals surface area contributed by atoms with Gasteiger partial charge < -0.3 is 15.5 Å². The first-order chi connectivity index (χ1) is 14.5. The van der Waals surface area contributed by atoms with Gasteiger partial charge in [0, 0.05) is 43.4 Å². The van der Waals surface area contributed by atoms with Gasteiger partial charge in [0.25, 0.3) is 0 Å². The molecule has 1 heterocycles. The van der Waals surface area contributed by atoms with Crippen molar-refractivity contribution < 1.29 is 4.79 Å². The highest BCUT2D eigenvalue weighted by atomic mass is 16.2. The van der Waals surface area contributed by atoms with E-state index in [1.807, 2.05) is 17.0 Å². The van der Waals surface area contributed by atoms with Crippen LogP contribution in [0.2, 0.25) is 0 Å². The van der Waals surface area contributed by atoms with E-state index in [1.54, 1.807) is 6.92 Å². The molecule has 1 aliphatic heterocycles. The number of nitrogens with zero attached hydrogens (tertiary/aromatic N) is 1. The number of aryl methyl sites for hydroxylation is 1. The minimum Gasteiger partial charge on any atom is -0.388 e. The van der Waals surface area contributed by atoms with Gasteiger partial charge in [-0.2, -0.15) is 0 Å². The molecule has 2 aromatic rings. The average molecular weight is 403 g/mol. The van der Waals surface area contributed by atoms with E-state index in [9.17, 15) is 4.79 Å². The van der Waals surface area contributed by atoms with E-state index >= 15 is 0 Å². The van der Waals surface area contributed by atoms with Crippen LogP contribution in [0, 0.1) is 18.3 Å². The Hall–Kier alpha value is -3.08. The zero-order valence-electron chi connectivity index (χ0n) is 17.8. The van der Waals surface area contributed by atoms with Crippen LogP contribution in [0.25, 0.3) is 11.1 Å². The van der Waals surface area contributed by atoms with Crippen LogP contribution < -0.4 is 10.6 Å². The first-order valence-electron chi connectivity index (χ1n) is 10.7. The molecule has 1 saturated carbocycles. The standard InChI is InChI=1S/C25H30N4O/c1-17-6-10-20(11-7-17)21-4-3-5-22(14-21)28-25(26)23-16-29(18(2)30)13-12-24(23)27-15-19-8-9-19/h3-7,10-11,14,19,27H,8-9,12-13,15-16H2,1-2H3,(H2,26,28). The lowest BCUT2D eigenvalue weighted by molar-refractivity contribution is -0.128. The molecule has 0 bridgehead atoms. The molecule has 0 spiro atoms. The summed E-state index contributed by atoms with van der Waals surface area (Å²) in [7, 11) is 0. The molecular formula is C25H30N4O. The number of hydrogen-bond acceptors (Lipinski definition) is 3. The summed E-state index contributed by atoms with van der Waals surface area (Å²) in [4.78, 5) is 13.7. The Labute approximate surface area is 178 Å². The minimum absolute atomic E-state index is 0.0583. The molecule has 0 aromatic heterocycles. The SMILES string of the molecule is CC(=O)N1CCC(NCC2CC2)=C(C(=N)Nc2cccc(-c3ccc(C)cc3)c2)C1. The fourth-order valence-corrected chi connectivity index (χ4v) is 3.79. The Morgan fingerprint density at radius 1 is 1.13 bits per heavy atom. The third kappa shape index (κ3) is 4.90. The molecule has 2 aliphatic rings. The lowest BCUT2D eigenvalue weighted by Gasteiger charge is -2.31. The summed E-state index contributed by atoms with van der Waals surface area (Å²) in [5.41, 5.74) is 6.38. The molecule has 4 rings (SSSR count). The van der Waals surface area contributed by atoms with Crippen LogP contribution in [0.1, 0.15) is 31.7 Å². The molecule has 0 atom stereocenters. The Bertz CT molecular complexity index is 973. The predicted octanol–water partition coefficient (Wildman–Crippen LogP) is 4.56. The quantitative estimate of drug-likeness (QED) is 0.490. The van der Waals surface area contributed by atoms with Crippen molar-refractivity contribution in [1.29, 1.82) is 5.41 Å². The summed E-state index contributed by atoms with van der Waals surface area (Å²) in [6.45, 7) is 5.84. The van der Waals surface area contributed by atoms with Gasteiger partial charge in [0.15, 0.2) is 0 Å². The maximum atomic E-state index is 11.9. The van der Waals surface area contributed by atoms with Crippen molar-refractivity contribution in [2.75, 3.05) is 25.0 Å². The minimum atomic E-state index is 0.0583. The fraction of sp³-hybridized carbons (Fsp3) is 0.360. The van der Waals surface area contributed by atoms with Crippen molar-refractivity contribution in [3.8, 4) is 11.1 Å². The fourth-order valence-electron chi connectivity index (χ4n) is 3.79. The summed E-state index contributed by atoms with van der Waals surface area (Å²) in [5, 5.41) is 15.6. The van der Waals surface area contributed by atoms with Crippen LogP contribution >= 0.6 is 0 Å². The van der Waals surface area contributed by atoms with Crippen LogP contribution in [-0.4, -0.2) is 36.3 Å². The molecule has 0 radical (unpaired) electrons. The lowest BCUT2D eigenvalue weighted by Crippen LogP contribution is -2.41. The zero-order chi connectivity index (χ0) is 21.1. The van der Waals surface area contributed by atoms with E-state index in [0.717, 1.165) is 47.0 Å². The highest BCUT2D eigenvalue weighted by molar-refractivity contribution is 6.07. The highest BCUT2D eigenvalue weighted by Gasteiger charge is 2.26. The van der Waals surface area contributed by atoms with Gasteiger partial charge in [0.2, 0.25) is 5.91 Å². The first kappa shape index (κ1) is 20.2. The van der Waals surface area contributed by atoms with E-state index in [4.69, 9.17) is 5.41 Å². The number of nitrogens with one attached hydrogen (secondary N) is 3. The van der Waals surface area contributed by atoms with Gasteiger partial charge in [0.1, 0.15) is 5.84 Å². The topological polar surface area (TPSA) is 68.2 Å². The molecule has 5 heteroatoms. The van der Waals surface area contributed by atoms with Crippen molar-refractivity contribution in [1.82, 2.24) is 10.2 Å². The molecule has 0 saturated heterocycles. The number of carbonyl (C=O) groups is 1. The normalized spacial score (nSPS) is 16.4. The first-order valence-corrected chi connectivity index (χ1v) is 10.7. The predicted molar refractivity (Wildman–Crippen MR) is 123 cm³/mol. The number of amides is 1. The molecule has 156 valence electrons. The summed E-state index contributed by atoms with van der Waals surface area (Å²) >= 11 is 0. The van der Waals surface area contributed by atoms with E-state index in [-0.39, 0.29) is 5.91 Å². The third-order valence-electron chi connectivity index (χ3n) is 5.91. The lowest BCUT2D eigenvalue weighted by atomic mass is 10.0. The molecule has 1 fully saturated rings. The number of carbonyl (C=O) groups excluding carboxylic acids is 1. The van der Waals surface area contributed by atoms with Crippen molar-refractivity contribution in [2.24, 2.45) is 5.92 Å². The van der Waals surface area contributed by atoms with E-state index in [1.165, 1.54) is 18.4 Å². The summed E-state index contributed by atoms with van der Waals surface area (Å²) in [6.07, 6.45) is 3.35. The molecule has 2 aromatic carbocycles. The zero-order valence-corrected chi connectivity index (χ0v) is 17.8. The van der Waals surface area contributed by atoms with Crippen LogP contribution in [0.5, 0.6) is 0 Å². The van der Waals surface area contributed by atoms with Gasteiger partial charge in [-0.1, -0.05) is 42.0 Å². The molecule has 30 heavy (non-hydrogen) atoms. The Balaban J connectivity index is 1.53. The van der Waals surface area contributed by atoms with Crippen molar-refractivity contribution in [2.45, 2.75) is 33.1 Å². The Morgan fingerprint density at radius 3 is 2.60 bits per heavy atom. The number of benzene rings is 2. The third-order valence-corrected chi connectivity index (χ3v) is 5.91. The number of amidine groups is 1. The maximum absolute atomic E-state index is 11.9. The van der Waals surface area contributed by atoms with Crippen LogP contribution in [0.4, 0.5) is 5.69 Å². The number of hydrogen-bond donors (Lipinski definition) is 3. The highest BCUT2D eigenvalue weighted by Crippen LogP contribution is 2.29. The number of rotatable bonds is 6. The molecule has 1 aliphatic carbocycles. The molecule has 0 unspecified atom stereocenters. The van der Waals surface area contributed by atoms with E-state index in [2.05, 4.69) is 54.0 Å². The van der Waals surface area contributed by atoms with E-state index < -0.39 is 0 Å². The smallest absolute Gasteiger partial charge is 0.219 e. The van der Waals surface area contributed by atoms with Gasteiger partial charge in [-0.25, -0.2) is 0 Å². The second-order valence-corrected chi connectivity index (χ2v) is 8.42. The maximum Gasteiger partial charge on any atom is 0.219 e. The summed E-state index contributed by atoms with van der Waals surface area (Å²) < 4.78 is 0. The second kappa shape index (κ2) is 8.74. The molecule has 3 N–H and O–H groups in total. The van der Waals surface area contributed by atoms with Crippen LogP contribution in [-0.2, 0) is 4.79 Å². The average Bonchev–Trinajstić information content (AvgIpc) is 3.57. The van der Waals surface area contributed by atoms with Crippen LogP contribution in [0.3, 0.4) is 0 Å². The summed E-state index contributed by atoms with van der Waals surface area (Å²) in [6, 6.07) is 16.6. The van der Waals surface area contributed by atoms with Gasteiger partial charge >= 0.3 is 0 Å². The molecule has 5 nitrogen and oxygen atoms in total. The van der Waals surface area contributed by atoms with Crippen molar-refractivity contribution in [3.05, 3.63) is 65.4 Å². The van der Waals surface area contributed by atoms with Crippen molar-refractivity contribution >= 4 is 17.4 Å². The molecular weight excluding hydrogens is 372 g/mol. The van der Waals surface area contributed by atoms with E-state index in [0.29, 0.717) is 18.9 Å². The van der Waals surface area contributed by atoms with Gasteiger partial charge in [-0.3, -0.25) is 10.2 Å². The van der Waals surface area contributed by atoms with Gasteiger partial charge in [-0.15, -0.1) is 0 Å². The summed E-state index contributed by atoms with van der Waals surface area (Å²) in [5.74, 6) is 1.18. The monoisotopic (exact) mass is 402 g/mol. The number of anilines is 1. The van der Waals surface area contributed by atoms with Crippen molar-refractivity contribution in [3.63, 3.8) is 0 Å². The largest absolute Gasteiger partial charge is 0.388 e. The van der Waals surface area contributed by atoms with Gasteiger partial charge in [0.05, 0.1) is 6.54 Å².